The SMILES string of the molecule is CN(C)/C=C/c1cc(Br)ccc1[N+](=O)[O-]. The molecule has 0 radical (unpaired) electrons. The van der Waals surface area contributed by atoms with E-state index in [0.29, 0.717) is 5.56 Å². The fourth-order valence-corrected chi connectivity index (χ4v) is 1.43. The van der Waals surface area contributed by atoms with Crippen molar-refractivity contribution in [2.24, 2.45) is 0 Å². The highest BCUT2D eigenvalue weighted by atomic mass is 79.9. The molecule has 4 nitrogen and oxygen atoms in total. The predicted octanol–water partition coefficient (Wildman–Crippen LogP) is 2.89. The lowest BCUT2D eigenvalue weighted by Crippen LogP contribution is -2.00. The molecule has 1 rings (SSSR count). The van der Waals surface area contributed by atoms with E-state index in [1.165, 1.54) is 6.07 Å². The molecular weight excluding hydrogens is 260 g/mol. The zero-order valence-corrected chi connectivity index (χ0v) is 10.1. The number of rotatable bonds is 3. The standard InChI is InChI=1S/C10H11BrN2O2/c1-12(2)6-5-8-7-9(11)3-4-10(8)13(14)15/h3-7H,1-2H3/b6-5+. The molecule has 1 aromatic rings. The fraction of sp³-hybridized carbons (Fsp3) is 0.200. The Kier molecular flexibility index (Phi) is 3.85. The maximum absolute atomic E-state index is 10.7. The molecule has 0 aromatic heterocycles. The molecule has 0 saturated carbocycles. The maximum Gasteiger partial charge on any atom is 0.276 e. The highest BCUT2D eigenvalue weighted by Gasteiger charge is 2.10. The second-order valence-electron chi connectivity index (χ2n) is 3.24. The molecule has 0 amide bonds. The van der Waals surface area contributed by atoms with E-state index in [2.05, 4.69) is 15.9 Å². The molecule has 80 valence electrons. The molecule has 1 aromatic carbocycles. The Hall–Kier alpha value is -1.36. The molecule has 5 heteroatoms. The monoisotopic (exact) mass is 270 g/mol. The molecule has 0 aliphatic heterocycles. The van der Waals surface area contributed by atoms with Gasteiger partial charge in [-0.15, -0.1) is 0 Å². The van der Waals surface area contributed by atoms with E-state index < -0.39 is 0 Å². The molecule has 0 aliphatic rings. The Morgan fingerprint density at radius 1 is 1.47 bits per heavy atom. The number of nitrogens with zero attached hydrogens (tertiary/aromatic N) is 2. The van der Waals surface area contributed by atoms with Crippen LogP contribution in [-0.2, 0) is 0 Å². The van der Waals surface area contributed by atoms with E-state index in [1.54, 1.807) is 24.4 Å². The van der Waals surface area contributed by atoms with Crippen LogP contribution in [0.5, 0.6) is 0 Å². The molecule has 0 saturated heterocycles. The van der Waals surface area contributed by atoms with Gasteiger partial charge in [-0.3, -0.25) is 10.1 Å². The number of benzene rings is 1. The Morgan fingerprint density at radius 2 is 2.13 bits per heavy atom. The lowest BCUT2D eigenvalue weighted by Gasteiger charge is -2.03. The van der Waals surface area contributed by atoms with Gasteiger partial charge in [-0.25, -0.2) is 0 Å². The van der Waals surface area contributed by atoms with Crippen molar-refractivity contribution < 1.29 is 4.92 Å². The molecular formula is C10H11BrN2O2. The summed E-state index contributed by atoms with van der Waals surface area (Å²) in [6, 6.07) is 4.86. The minimum atomic E-state index is -0.387. The average Bonchev–Trinajstić information content (AvgIpc) is 2.14. The topological polar surface area (TPSA) is 46.4 Å². The van der Waals surface area contributed by atoms with Crippen molar-refractivity contribution in [3.63, 3.8) is 0 Å². The Morgan fingerprint density at radius 3 is 2.67 bits per heavy atom. The van der Waals surface area contributed by atoms with Crippen molar-refractivity contribution in [1.82, 2.24) is 4.90 Å². The molecule has 0 aliphatic carbocycles. The van der Waals surface area contributed by atoms with Gasteiger partial charge in [-0.1, -0.05) is 15.9 Å². The lowest BCUT2D eigenvalue weighted by molar-refractivity contribution is -0.385. The summed E-state index contributed by atoms with van der Waals surface area (Å²) < 4.78 is 0.825. The number of nitro groups is 1. The summed E-state index contributed by atoms with van der Waals surface area (Å²) in [6.45, 7) is 0. The van der Waals surface area contributed by atoms with Gasteiger partial charge in [0.2, 0.25) is 0 Å². The van der Waals surface area contributed by atoms with Crippen LogP contribution in [0.4, 0.5) is 5.69 Å². The molecule has 0 spiro atoms. The molecule has 0 atom stereocenters. The number of hydrogen-bond acceptors (Lipinski definition) is 3. The van der Waals surface area contributed by atoms with Gasteiger partial charge >= 0.3 is 0 Å². The van der Waals surface area contributed by atoms with Gasteiger partial charge in [0, 0.05) is 24.6 Å². The van der Waals surface area contributed by atoms with Crippen LogP contribution in [-0.4, -0.2) is 23.9 Å². The van der Waals surface area contributed by atoms with Gasteiger partial charge in [-0.2, -0.15) is 0 Å². The van der Waals surface area contributed by atoms with E-state index in [-0.39, 0.29) is 10.6 Å². The Balaban J connectivity index is 3.13. The number of nitro benzene ring substituents is 1. The van der Waals surface area contributed by atoms with Crippen LogP contribution in [0.1, 0.15) is 5.56 Å². The first-order valence-electron chi connectivity index (χ1n) is 4.29. The second kappa shape index (κ2) is 4.93. The third-order valence-electron chi connectivity index (χ3n) is 1.74. The largest absolute Gasteiger partial charge is 0.383 e. The van der Waals surface area contributed by atoms with Gasteiger partial charge in [0.25, 0.3) is 5.69 Å². The third kappa shape index (κ3) is 3.36. The van der Waals surface area contributed by atoms with Crippen LogP contribution >= 0.6 is 15.9 Å². The summed E-state index contributed by atoms with van der Waals surface area (Å²) in [5.74, 6) is 0. The lowest BCUT2D eigenvalue weighted by atomic mass is 10.2. The van der Waals surface area contributed by atoms with Gasteiger partial charge in [0.15, 0.2) is 0 Å². The molecule has 15 heavy (non-hydrogen) atoms. The summed E-state index contributed by atoms with van der Waals surface area (Å²) in [4.78, 5) is 12.2. The van der Waals surface area contributed by atoms with E-state index in [9.17, 15) is 10.1 Å². The summed E-state index contributed by atoms with van der Waals surface area (Å²) in [7, 11) is 3.72. The number of hydrogen-bond donors (Lipinski definition) is 0. The minimum absolute atomic E-state index is 0.108. The van der Waals surface area contributed by atoms with Crippen LogP contribution < -0.4 is 0 Å². The molecule has 0 unspecified atom stereocenters. The van der Waals surface area contributed by atoms with E-state index in [0.717, 1.165) is 4.47 Å². The summed E-state index contributed by atoms with van der Waals surface area (Å²) in [5.41, 5.74) is 0.694. The summed E-state index contributed by atoms with van der Waals surface area (Å²) >= 11 is 3.28. The fourth-order valence-electron chi connectivity index (χ4n) is 1.05. The quantitative estimate of drug-likeness (QED) is 0.627. The molecule has 0 fully saturated rings. The van der Waals surface area contributed by atoms with Gasteiger partial charge < -0.3 is 4.90 Å². The van der Waals surface area contributed by atoms with Gasteiger partial charge in [0.05, 0.1) is 10.5 Å². The van der Waals surface area contributed by atoms with Crippen LogP contribution in [0.15, 0.2) is 28.9 Å². The normalized spacial score (nSPS) is 10.6. The van der Waals surface area contributed by atoms with E-state index >= 15 is 0 Å². The second-order valence-corrected chi connectivity index (χ2v) is 4.16. The van der Waals surface area contributed by atoms with Gasteiger partial charge in [0.1, 0.15) is 0 Å². The summed E-state index contributed by atoms with van der Waals surface area (Å²) in [6.07, 6.45) is 3.48. The minimum Gasteiger partial charge on any atom is -0.383 e. The molecule has 0 N–H and O–H groups in total. The first-order chi connectivity index (χ1) is 7.00. The summed E-state index contributed by atoms with van der Waals surface area (Å²) in [5, 5.41) is 10.7. The van der Waals surface area contributed by atoms with Crippen molar-refractivity contribution in [2.45, 2.75) is 0 Å². The van der Waals surface area contributed by atoms with Crippen molar-refractivity contribution in [2.75, 3.05) is 14.1 Å². The highest BCUT2D eigenvalue weighted by Crippen LogP contribution is 2.24. The Bertz CT molecular complexity index is 402. The molecule has 0 bridgehead atoms. The first-order valence-corrected chi connectivity index (χ1v) is 5.08. The molecule has 0 heterocycles. The van der Waals surface area contributed by atoms with E-state index in [1.807, 2.05) is 19.0 Å². The van der Waals surface area contributed by atoms with Crippen LogP contribution in [0, 0.1) is 10.1 Å². The zero-order valence-electron chi connectivity index (χ0n) is 8.48. The van der Waals surface area contributed by atoms with Crippen molar-refractivity contribution in [3.8, 4) is 0 Å². The Labute approximate surface area is 96.5 Å². The van der Waals surface area contributed by atoms with Crippen LogP contribution in [0.2, 0.25) is 0 Å². The van der Waals surface area contributed by atoms with Crippen molar-refractivity contribution >= 4 is 27.7 Å². The first kappa shape index (κ1) is 11.7. The zero-order chi connectivity index (χ0) is 11.4. The maximum atomic E-state index is 10.7. The van der Waals surface area contributed by atoms with Crippen molar-refractivity contribution in [3.05, 3.63) is 44.5 Å². The third-order valence-corrected chi connectivity index (χ3v) is 2.23. The van der Waals surface area contributed by atoms with Crippen molar-refractivity contribution in [1.29, 1.82) is 0 Å². The smallest absolute Gasteiger partial charge is 0.276 e. The highest BCUT2D eigenvalue weighted by molar-refractivity contribution is 9.10. The van der Waals surface area contributed by atoms with Crippen LogP contribution in [0.3, 0.4) is 0 Å². The van der Waals surface area contributed by atoms with E-state index in [4.69, 9.17) is 0 Å². The predicted molar refractivity (Wildman–Crippen MR) is 63.5 cm³/mol. The van der Waals surface area contributed by atoms with Gasteiger partial charge in [-0.05, 0) is 24.4 Å². The number of halogens is 1. The van der Waals surface area contributed by atoms with Crippen LogP contribution in [0.25, 0.3) is 6.08 Å². The average molecular weight is 271 g/mol.